The predicted octanol–water partition coefficient (Wildman–Crippen LogP) is 2.26. The van der Waals surface area contributed by atoms with Gasteiger partial charge in [0.1, 0.15) is 12.6 Å². The maximum absolute atomic E-state index is 12.4. The molecule has 3 rings (SSSR count). The lowest BCUT2D eigenvalue weighted by atomic mass is 9.98. The van der Waals surface area contributed by atoms with Crippen LogP contribution in [0.5, 0.6) is 0 Å². The average molecular weight is 426 g/mol. The lowest BCUT2D eigenvalue weighted by Crippen LogP contribution is -2.48. The van der Waals surface area contributed by atoms with E-state index in [1.165, 1.54) is 0 Å². The summed E-state index contributed by atoms with van der Waals surface area (Å²) in [7, 11) is 0. The van der Waals surface area contributed by atoms with E-state index in [9.17, 15) is 19.5 Å². The van der Waals surface area contributed by atoms with Gasteiger partial charge in [-0.1, -0.05) is 48.5 Å². The van der Waals surface area contributed by atoms with Crippen molar-refractivity contribution in [2.75, 3.05) is 13.2 Å². The van der Waals surface area contributed by atoms with Gasteiger partial charge in [-0.3, -0.25) is 9.59 Å². The van der Waals surface area contributed by atoms with Gasteiger partial charge in [0.05, 0.1) is 12.5 Å². The van der Waals surface area contributed by atoms with Crippen LogP contribution in [0.25, 0.3) is 11.1 Å². The van der Waals surface area contributed by atoms with Crippen LogP contribution < -0.4 is 10.6 Å². The Balaban J connectivity index is 1.62. The average Bonchev–Trinajstić information content (AvgIpc) is 3.05. The minimum atomic E-state index is -1.28. The number of aliphatic carboxylic acids is 1. The molecule has 0 heterocycles. The number of aliphatic hydroxyl groups excluding tert-OH is 1. The number of carboxylic acid groups (broad SMARTS) is 1. The summed E-state index contributed by atoms with van der Waals surface area (Å²) in [4.78, 5) is 35.7. The topological polar surface area (TPSA) is 125 Å². The lowest BCUT2D eigenvalue weighted by molar-refractivity contribution is -0.139. The van der Waals surface area contributed by atoms with Crippen molar-refractivity contribution in [3.8, 4) is 11.1 Å². The number of aliphatic hydroxyl groups is 1. The van der Waals surface area contributed by atoms with Gasteiger partial charge in [-0.2, -0.15) is 0 Å². The summed E-state index contributed by atoms with van der Waals surface area (Å²) >= 11 is 0. The molecule has 0 radical (unpaired) electrons. The van der Waals surface area contributed by atoms with Crippen molar-refractivity contribution in [1.82, 2.24) is 10.6 Å². The molecule has 2 amide bonds. The summed E-state index contributed by atoms with van der Waals surface area (Å²) in [6, 6.07) is 14.5. The first-order chi connectivity index (χ1) is 14.9. The highest BCUT2D eigenvalue weighted by Crippen LogP contribution is 2.44. The van der Waals surface area contributed by atoms with Gasteiger partial charge in [-0.15, -0.1) is 0 Å². The minimum absolute atomic E-state index is 0.0588. The van der Waals surface area contributed by atoms with E-state index in [4.69, 9.17) is 9.84 Å². The van der Waals surface area contributed by atoms with Gasteiger partial charge in [0.25, 0.3) is 0 Å². The van der Waals surface area contributed by atoms with Gasteiger partial charge in [-0.25, -0.2) is 4.79 Å². The van der Waals surface area contributed by atoms with Gasteiger partial charge >= 0.3 is 12.1 Å². The van der Waals surface area contributed by atoms with Gasteiger partial charge in [0.2, 0.25) is 5.91 Å². The monoisotopic (exact) mass is 426 g/mol. The molecule has 1 aliphatic carbocycles. The first-order valence-electron chi connectivity index (χ1n) is 10.2. The van der Waals surface area contributed by atoms with Gasteiger partial charge in [0, 0.05) is 12.5 Å². The SMILES string of the molecule is CC(O)CCNC(=O)C(CC(=O)O)NC(=O)OCC1c2ccccc2-c2ccccc21. The highest BCUT2D eigenvalue weighted by Gasteiger charge is 2.30. The van der Waals surface area contributed by atoms with E-state index in [2.05, 4.69) is 10.6 Å². The zero-order chi connectivity index (χ0) is 22.4. The molecule has 31 heavy (non-hydrogen) atoms. The van der Waals surface area contributed by atoms with Crippen molar-refractivity contribution in [3.05, 3.63) is 59.7 Å². The van der Waals surface area contributed by atoms with Crippen LogP contribution in [0.15, 0.2) is 48.5 Å². The highest BCUT2D eigenvalue weighted by atomic mass is 16.5. The number of ether oxygens (including phenoxy) is 1. The molecule has 0 aliphatic heterocycles. The molecule has 4 N–H and O–H groups in total. The van der Waals surface area contributed by atoms with Crippen LogP contribution >= 0.6 is 0 Å². The molecule has 0 saturated carbocycles. The van der Waals surface area contributed by atoms with Crippen molar-refractivity contribution in [2.24, 2.45) is 0 Å². The number of amides is 2. The van der Waals surface area contributed by atoms with Crippen LogP contribution in [-0.2, 0) is 14.3 Å². The largest absolute Gasteiger partial charge is 0.481 e. The van der Waals surface area contributed by atoms with Crippen LogP contribution in [-0.4, -0.2) is 53.5 Å². The summed E-state index contributed by atoms with van der Waals surface area (Å²) in [5.41, 5.74) is 4.28. The number of rotatable bonds is 9. The van der Waals surface area contributed by atoms with Gasteiger partial charge < -0.3 is 25.6 Å². The zero-order valence-corrected chi connectivity index (χ0v) is 17.2. The van der Waals surface area contributed by atoms with Crippen molar-refractivity contribution in [1.29, 1.82) is 0 Å². The van der Waals surface area contributed by atoms with Gasteiger partial charge in [-0.05, 0) is 35.6 Å². The van der Waals surface area contributed by atoms with Crippen molar-refractivity contribution >= 4 is 18.0 Å². The quantitative estimate of drug-likeness (QED) is 0.487. The second-order valence-electron chi connectivity index (χ2n) is 7.55. The third-order valence-electron chi connectivity index (χ3n) is 5.19. The molecule has 0 bridgehead atoms. The molecule has 2 aromatic carbocycles. The molecule has 0 fully saturated rings. The molecule has 1 aliphatic rings. The van der Waals surface area contributed by atoms with E-state index in [-0.39, 0.29) is 19.1 Å². The van der Waals surface area contributed by atoms with Crippen LogP contribution in [0.3, 0.4) is 0 Å². The molecule has 0 spiro atoms. The lowest BCUT2D eigenvalue weighted by Gasteiger charge is -2.19. The first-order valence-corrected chi connectivity index (χ1v) is 10.2. The maximum Gasteiger partial charge on any atom is 0.407 e. The first kappa shape index (κ1) is 22.3. The third-order valence-corrected chi connectivity index (χ3v) is 5.19. The van der Waals surface area contributed by atoms with Crippen molar-refractivity contribution in [3.63, 3.8) is 0 Å². The van der Waals surface area contributed by atoms with Crippen LogP contribution in [0, 0.1) is 0 Å². The molecular formula is C23H26N2O6. The zero-order valence-electron chi connectivity index (χ0n) is 17.2. The third kappa shape index (κ3) is 5.61. The van der Waals surface area contributed by atoms with E-state index >= 15 is 0 Å². The number of hydrogen-bond donors (Lipinski definition) is 4. The fourth-order valence-electron chi connectivity index (χ4n) is 3.69. The normalized spacial score (nSPS) is 14.1. The molecule has 2 atom stereocenters. The van der Waals surface area contributed by atoms with Crippen molar-refractivity contribution in [2.45, 2.75) is 37.8 Å². The summed E-state index contributed by atoms with van der Waals surface area (Å²) in [6.07, 6.45) is -1.73. The van der Waals surface area contributed by atoms with Gasteiger partial charge in [0.15, 0.2) is 0 Å². The number of alkyl carbamates (subject to hydrolysis) is 1. The number of hydrogen-bond acceptors (Lipinski definition) is 5. The Morgan fingerprint density at radius 3 is 2.16 bits per heavy atom. The van der Waals surface area contributed by atoms with E-state index in [1.807, 2.05) is 48.5 Å². The molecule has 8 heteroatoms. The van der Waals surface area contributed by atoms with E-state index in [1.54, 1.807) is 6.92 Å². The number of fused-ring (bicyclic) bond motifs is 3. The maximum atomic E-state index is 12.4. The molecule has 0 aromatic heterocycles. The molecule has 8 nitrogen and oxygen atoms in total. The van der Waals surface area contributed by atoms with Crippen molar-refractivity contribution < 1.29 is 29.3 Å². The minimum Gasteiger partial charge on any atom is -0.481 e. The summed E-state index contributed by atoms with van der Waals surface area (Å²) in [5, 5.41) is 23.2. The Kier molecular flexibility index (Phi) is 7.25. The standard InChI is InChI=1S/C23H26N2O6/c1-14(26)10-11-24-22(29)20(12-21(27)28)25-23(30)31-13-19-17-8-4-2-6-15(17)16-7-3-5-9-18(16)19/h2-9,14,19-20,26H,10-13H2,1H3,(H,24,29)(H,25,30)(H,27,28). The summed E-state index contributed by atoms with van der Waals surface area (Å²) in [6.45, 7) is 1.80. The smallest absolute Gasteiger partial charge is 0.407 e. The number of carbonyl (C=O) groups is 3. The Labute approximate surface area is 180 Å². The number of carboxylic acids is 1. The Bertz CT molecular complexity index is 913. The molecule has 2 aromatic rings. The number of nitrogens with one attached hydrogen (secondary N) is 2. The predicted molar refractivity (Wildman–Crippen MR) is 114 cm³/mol. The highest BCUT2D eigenvalue weighted by molar-refractivity contribution is 5.89. The molecule has 2 unspecified atom stereocenters. The van der Waals surface area contributed by atoms with Crippen LogP contribution in [0.1, 0.15) is 36.8 Å². The summed E-state index contributed by atoms with van der Waals surface area (Å²) in [5.74, 6) is -2.01. The molecular weight excluding hydrogens is 400 g/mol. The second kappa shape index (κ2) is 10.1. The Morgan fingerprint density at radius 1 is 1.03 bits per heavy atom. The number of benzene rings is 2. The van der Waals surface area contributed by atoms with E-state index < -0.39 is 36.5 Å². The fraction of sp³-hybridized carbons (Fsp3) is 0.348. The van der Waals surface area contributed by atoms with Crippen LogP contribution in [0.2, 0.25) is 0 Å². The van der Waals surface area contributed by atoms with E-state index in [0.717, 1.165) is 22.3 Å². The fourth-order valence-corrected chi connectivity index (χ4v) is 3.69. The Hall–Kier alpha value is -3.39. The second-order valence-corrected chi connectivity index (χ2v) is 7.55. The molecule has 0 saturated heterocycles. The van der Waals surface area contributed by atoms with Crippen LogP contribution in [0.4, 0.5) is 4.79 Å². The number of carbonyl (C=O) groups excluding carboxylic acids is 2. The Morgan fingerprint density at radius 2 is 1.61 bits per heavy atom. The summed E-state index contributed by atoms with van der Waals surface area (Å²) < 4.78 is 5.38. The molecule has 164 valence electrons. The van der Waals surface area contributed by atoms with E-state index in [0.29, 0.717) is 6.42 Å².